The average molecular weight is 307 g/mol. The molecule has 2 aromatic rings. The van der Waals surface area contributed by atoms with Crippen LogP contribution < -0.4 is 4.74 Å². The third-order valence-corrected chi connectivity index (χ3v) is 3.66. The van der Waals surface area contributed by atoms with Crippen LogP contribution in [0.2, 0.25) is 15.1 Å². The van der Waals surface area contributed by atoms with Gasteiger partial charge in [-0.05, 0) is 6.07 Å². The quantitative estimate of drug-likeness (QED) is 0.739. The largest absolute Gasteiger partial charge is 0.481 e. The second kappa shape index (κ2) is 5.31. The molecular formula is C12H7Cl3FNO. The Labute approximate surface area is 118 Å². The summed E-state index contributed by atoms with van der Waals surface area (Å²) >= 11 is 17.8. The predicted octanol–water partition coefficient (Wildman–Crippen LogP) is 4.86. The van der Waals surface area contributed by atoms with Gasteiger partial charge in [0.05, 0.1) is 28.4 Å². The number of benzene rings is 1. The van der Waals surface area contributed by atoms with Gasteiger partial charge in [0.25, 0.3) is 0 Å². The van der Waals surface area contributed by atoms with Gasteiger partial charge in [0, 0.05) is 17.2 Å². The highest BCUT2D eigenvalue weighted by atomic mass is 35.5. The Hall–Kier alpha value is -1.03. The summed E-state index contributed by atoms with van der Waals surface area (Å²) in [6, 6.07) is 4.59. The maximum absolute atomic E-state index is 13.8. The summed E-state index contributed by atoms with van der Waals surface area (Å²) in [6.07, 6.45) is 1.06. The molecule has 0 fully saturated rings. The smallest absolute Gasteiger partial charge is 0.213 e. The maximum atomic E-state index is 13.8. The first kappa shape index (κ1) is 13.4. The molecule has 0 N–H and O–H groups in total. The van der Waals surface area contributed by atoms with E-state index in [9.17, 15) is 4.39 Å². The fourth-order valence-corrected chi connectivity index (χ4v) is 2.11. The highest BCUT2D eigenvalue weighted by molar-refractivity contribution is 6.49. The van der Waals surface area contributed by atoms with Crippen LogP contribution in [0.3, 0.4) is 0 Å². The number of nitrogens with zero attached hydrogens (tertiary/aromatic N) is 1. The molecule has 0 amide bonds. The number of halogens is 4. The Balaban J connectivity index is 2.65. The van der Waals surface area contributed by atoms with Gasteiger partial charge < -0.3 is 4.74 Å². The van der Waals surface area contributed by atoms with Gasteiger partial charge in [0.1, 0.15) is 5.82 Å². The Bertz CT molecular complexity index is 604. The van der Waals surface area contributed by atoms with Gasteiger partial charge in [-0.15, -0.1) is 0 Å². The van der Waals surface area contributed by atoms with Crippen molar-refractivity contribution in [3.05, 3.63) is 45.3 Å². The van der Waals surface area contributed by atoms with E-state index in [2.05, 4.69) is 4.98 Å². The molecule has 1 aromatic heterocycles. The van der Waals surface area contributed by atoms with Crippen molar-refractivity contribution < 1.29 is 9.13 Å². The Morgan fingerprint density at radius 1 is 1.11 bits per heavy atom. The summed E-state index contributed by atoms with van der Waals surface area (Å²) in [4.78, 5) is 3.75. The minimum absolute atomic E-state index is 0.186. The van der Waals surface area contributed by atoms with E-state index in [-0.39, 0.29) is 21.5 Å². The Kier molecular flexibility index (Phi) is 3.95. The zero-order chi connectivity index (χ0) is 13.3. The number of aromatic nitrogens is 1. The molecule has 0 saturated heterocycles. The summed E-state index contributed by atoms with van der Waals surface area (Å²) in [7, 11) is 1.44. The van der Waals surface area contributed by atoms with Gasteiger partial charge in [-0.1, -0.05) is 40.9 Å². The zero-order valence-electron chi connectivity index (χ0n) is 9.18. The zero-order valence-corrected chi connectivity index (χ0v) is 11.4. The topological polar surface area (TPSA) is 22.1 Å². The second-order valence-electron chi connectivity index (χ2n) is 3.43. The van der Waals surface area contributed by atoms with E-state index in [0.717, 1.165) is 6.20 Å². The molecule has 0 unspecified atom stereocenters. The minimum Gasteiger partial charge on any atom is -0.481 e. The van der Waals surface area contributed by atoms with Crippen LogP contribution in [0.15, 0.2) is 24.4 Å². The minimum atomic E-state index is -0.518. The fourth-order valence-electron chi connectivity index (χ4n) is 1.47. The highest BCUT2D eigenvalue weighted by Crippen LogP contribution is 2.39. The average Bonchev–Trinajstić information content (AvgIpc) is 2.37. The molecule has 2 rings (SSSR count). The number of hydrogen-bond donors (Lipinski definition) is 0. The molecule has 0 aliphatic rings. The molecule has 6 heteroatoms. The van der Waals surface area contributed by atoms with E-state index >= 15 is 0 Å². The third kappa shape index (κ3) is 2.39. The third-order valence-electron chi connectivity index (χ3n) is 2.36. The summed E-state index contributed by atoms with van der Waals surface area (Å²) < 4.78 is 18.7. The lowest BCUT2D eigenvalue weighted by Crippen LogP contribution is -1.92. The van der Waals surface area contributed by atoms with Gasteiger partial charge in [0.15, 0.2) is 0 Å². The van der Waals surface area contributed by atoms with Crippen LogP contribution in [0, 0.1) is 5.82 Å². The number of ether oxygens (including phenoxy) is 1. The molecule has 0 radical (unpaired) electrons. The number of rotatable bonds is 2. The van der Waals surface area contributed by atoms with Gasteiger partial charge >= 0.3 is 0 Å². The van der Waals surface area contributed by atoms with Crippen LogP contribution >= 0.6 is 34.8 Å². The van der Waals surface area contributed by atoms with Crippen molar-refractivity contribution in [2.75, 3.05) is 7.11 Å². The van der Waals surface area contributed by atoms with Gasteiger partial charge in [-0.25, -0.2) is 9.37 Å². The van der Waals surface area contributed by atoms with E-state index in [0.29, 0.717) is 10.6 Å². The van der Waals surface area contributed by atoms with Crippen molar-refractivity contribution in [1.29, 1.82) is 0 Å². The summed E-state index contributed by atoms with van der Waals surface area (Å²) in [5, 5.41) is 0.689. The van der Waals surface area contributed by atoms with Crippen molar-refractivity contribution in [2.45, 2.75) is 0 Å². The van der Waals surface area contributed by atoms with Crippen LogP contribution in [0.5, 0.6) is 5.88 Å². The van der Waals surface area contributed by atoms with Gasteiger partial charge in [-0.2, -0.15) is 0 Å². The highest BCUT2D eigenvalue weighted by Gasteiger charge is 2.15. The molecule has 0 spiro atoms. The first-order valence-electron chi connectivity index (χ1n) is 4.88. The SMILES string of the molecule is COc1cc(-c2ccc(Cl)c(Cl)c2Cl)c(F)cn1. The van der Waals surface area contributed by atoms with E-state index in [1.807, 2.05) is 0 Å². The fraction of sp³-hybridized carbons (Fsp3) is 0.0833. The van der Waals surface area contributed by atoms with Gasteiger partial charge in [0.2, 0.25) is 5.88 Å². The van der Waals surface area contributed by atoms with Crippen LogP contribution in [-0.4, -0.2) is 12.1 Å². The van der Waals surface area contributed by atoms with E-state index in [1.54, 1.807) is 12.1 Å². The molecule has 0 saturated carbocycles. The first-order valence-corrected chi connectivity index (χ1v) is 6.01. The van der Waals surface area contributed by atoms with Crippen LogP contribution in [0.4, 0.5) is 4.39 Å². The number of hydrogen-bond acceptors (Lipinski definition) is 2. The molecule has 0 aliphatic carbocycles. The predicted molar refractivity (Wildman–Crippen MR) is 71.2 cm³/mol. The van der Waals surface area contributed by atoms with E-state index in [4.69, 9.17) is 39.5 Å². The van der Waals surface area contributed by atoms with Gasteiger partial charge in [-0.3, -0.25) is 0 Å². The molecule has 0 bridgehead atoms. The van der Waals surface area contributed by atoms with E-state index < -0.39 is 5.82 Å². The molecule has 0 atom stereocenters. The molecule has 94 valence electrons. The van der Waals surface area contributed by atoms with Crippen LogP contribution in [-0.2, 0) is 0 Å². The molecule has 0 aliphatic heterocycles. The van der Waals surface area contributed by atoms with Crippen LogP contribution in [0.1, 0.15) is 0 Å². The lowest BCUT2D eigenvalue weighted by molar-refractivity contribution is 0.396. The summed E-state index contributed by atoms with van der Waals surface area (Å²) in [6.45, 7) is 0. The Morgan fingerprint density at radius 2 is 1.83 bits per heavy atom. The van der Waals surface area contributed by atoms with Crippen molar-refractivity contribution in [1.82, 2.24) is 4.98 Å². The molecule has 1 aromatic carbocycles. The molecule has 1 heterocycles. The van der Waals surface area contributed by atoms with Crippen molar-refractivity contribution >= 4 is 34.8 Å². The number of methoxy groups -OCH3 is 1. The van der Waals surface area contributed by atoms with Crippen molar-refractivity contribution in [3.8, 4) is 17.0 Å². The standard InChI is InChI=1S/C12H7Cl3FNO/c1-18-10-4-7(9(16)5-17-10)6-2-3-8(13)12(15)11(6)14/h2-5H,1H3. The normalized spacial score (nSPS) is 10.5. The summed E-state index contributed by atoms with van der Waals surface area (Å²) in [5.41, 5.74) is 0.690. The van der Waals surface area contributed by atoms with Crippen molar-refractivity contribution in [3.63, 3.8) is 0 Å². The Morgan fingerprint density at radius 3 is 2.50 bits per heavy atom. The number of pyridine rings is 1. The maximum Gasteiger partial charge on any atom is 0.213 e. The first-order chi connectivity index (χ1) is 8.54. The van der Waals surface area contributed by atoms with Crippen LogP contribution in [0.25, 0.3) is 11.1 Å². The lowest BCUT2D eigenvalue weighted by Gasteiger charge is -2.09. The van der Waals surface area contributed by atoms with E-state index in [1.165, 1.54) is 13.2 Å². The summed E-state index contributed by atoms with van der Waals surface area (Å²) in [5.74, 6) is -0.232. The molecule has 18 heavy (non-hydrogen) atoms. The lowest BCUT2D eigenvalue weighted by atomic mass is 10.1. The molecular weight excluding hydrogens is 299 g/mol. The second-order valence-corrected chi connectivity index (χ2v) is 4.59. The van der Waals surface area contributed by atoms with Crippen molar-refractivity contribution in [2.24, 2.45) is 0 Å². The molecule has 2 nitrogen and oxygen atoms in total. The monoisotopic (exact) mass is 305 g/mol.